The molecule has 0 fully saturated rings. The van der Waals surface area contributed by atoms with Crippen LogP contribution in [0.1, 0.15) is 13.8 Å². The zero-order valence-corrected chi connectivity index (χ0v) is 9.83. The van der Waals surface area contributed by atoms with Gasteiger partial charge in [-0.1, -0.05) is 13.8 Å². The van der Waals surface area contributed by atoms with Gasteiger partial charge in [0.1, 0.15) is 0 Å². The molecule has 0 amide bonds. The summed E-state index contributed by atoms with van der Waals surface area (Å²) in [5.74, 6) is -0.774. The molecule has 2 aromatic rings. The first kappa shape index (κ1) is 10.4. The summed E-state index contributed by atoms with van der Waals surface area (Å²) in [7, 11) is -3.79. The molecule has 0 radical (unpaired) electrons. The Morgan fingerprint density at radius 1 is 1.41 bits per heavy atom. The summed E-state index contributed by atoms with van der Waals surface area (Å²) in [6.45, 7) is 3.35. The molecule has 0 unspecified atom stereocenters. The van der Waals surface area contributed by atoms with Crippen LogP contribution >= 0.6 is 0 Å². The van der Waals surface area contributed by atoms with Crippen LogP contribution in [0.2, 0.25) is 0 Å². The van der Waals surface area contributed by atoms with Gasteiger partial charge in [-0.3, -0.25) is 4.79 Å². The minimum atomic E-state index is -3.79. The molecule has 0 atom stereocenters. The minimum Gasteiger partial charge on any atom is -0.448 e. The van der Waals surface area contributed by atoms with Crippen molar-refractivity contribution >= 4 is 27.3 Å². The average Bonchev–Trinajstić information content (AvgIpc) is 2.81. The average molecular weight is 256 g/mol. The predicted molar refractivity (Wildman–Crippen MR) is 55.7 cm³/mol. The van der Waals surface area contributed by atoms with Crippen LogP contribution in [0.3, 0.4) is 0 Å². The number of hydrogen-bond acceptors (Lipinski definition) is 6. The lowest BCUT2D eigenvalue weighted by atomic mass is 10.2. The number of furan rings is 2. The third kappa shape index (κ3) is 1.25. The molecule has 3 heterocycles. The van der Waals surface area contributed by atoms with Crippen LogP contribution in [-0.4, -0.2) is 14.4 Å². The zero-order valence-electron chi connectivity index (χ0n) is 9.01. The van der Waals surface area contributed by atoms with Gasteiger partial charge >= 0.3 is 16.1 Å². The van der Waals surface area contributed by atoms with Crippen LogP contribution < -0.4 is 8.92 Å². The van der Waals surface area contributed by atoms with Crippen molar-refractivity contribution in [3.05, 3.63) is 6.07 Å². The van der Waals surface area contributed by atoms with Gasteiger partial charge in [0.25, 0.3) is 0 Å². The molecule has 7 heteroatoms. The van der Waals surface area contributed by atoms with E-state index in [4.69, 9.17) is 13.3 Å². The normalized spacial score (nSPS) is 16.6. The highest BCUT2D eigenvalue weighted by atomic mass is 32.2. The maximum absolute atomic E-state index is 11.5. The van der Waals surface area contributed by atoms with Crippen molar-refractivity contribution in [1.82, 2.24) is 0 Å². The molecule has 1 aliphatic heterocycles. The molecular formula is C10H8O6S. The van der Waals surface area contributed by atoms with E-state index in [1.165, 1.54) is 6.07 Å². The predicted octanol–water partition coefficient (Wildman–Crippen LogP) is 1.51. The molecule has 0 aromatic carbocycles. The van der Waals surface area contributed by atoms with E-state index in [0.29, 0.717) is 0 Å². The van der Waals surface area contributed by atoms with Crippen LogP contribution in [0.4, 0.5) is 0 Å². The highest BCUT2D eigenvalue weighted by Crippen LogP contribution is 2.51. The Kier molecular flexibility index (Phi) is 1.79. The Balaban J connectivity index is 2.08. The number of carbonyl (C=O) groups is 1. The van der Waals surface area contributed by atoms with Gasteiger partial charge in [0.2, 0.25) is 11.5 Å². The van der Waals surface area contributed by atoms with Gasteiger partial charge in [-0.05, 0) is 0 Å². The molecular weight excluding hydrogens is 248 g/mol. The van der Waals surface area contributed by atoms with Crippen LogP contribution in [0.15, 0.2) is 15.4 Å². The first-order chi connectivity index (χ1) is 7.90. The van der Waals surface area contributed by atoms with Crippen molar-refractivity contribution in [1.29, 1.82) is 0 Å². The summed E-state index contributed by atoms with van der Waals surface area (Å²) < 4.78 is 37.9. The Hall–Kier alpha value is -1.76. The van der Waals surface area contributed by atoms with E-state index < -0.39 is 16.1 Å². The van der Waals surface area contributed by atoms with Crippen molar-refractivity contribution in [3.8, 4) is 11.5 Å². The molecule has 1 aliphatic rings. The summed E-state index contributed by atoms with van der Waals surface area (Å²) in [5, 5.41) is 0. The van der Waals surface area contributed by atoms with E-state index >= 15 is 0 Å². The molecule has 90 valence electrons. The first-order valence-corrected chi connectivity index (χ1v) is 6.36. The maximum atomic E-state index is 11.5. The largest absolute Gasteiger partial charge is 0.448 e. The van der Waals surface area contributed by atoms with Gasteiger partial charge in [-0.25, -0.2) is 0 Å². The highest BCUT2D eigenvalue weighted by molar-refractivity contribution is 7.87. The molecule has 0 aliphatic carbocycles. The van der Waals surface area contributed by atoms with E-state index in [1.54, 1.807) is 13.8 Å². The lowest BCUT2D eigenvalue weighted by Crippen LogP contribution is -2.14. The summed E-state index contributed by atoms with van der Waals surface area (Å²) in [5.41, 5.74) is 0.326. The number of benzene rings is 1. The number of fused-ring (bicyclic) bond motifs is 1. The minimum absolute atomic E-state index is 0.00755. The second kappa shape index (κ2) is 2.92. The van der Waals surface area contributed by atoms with E-state index in [9.17, 15) is 13.2 Å². The topological polar surface area (TPSA) is 82.8 Å². The van der Waals surface area contributed by atoms with Crippen molar-refractivity contribution in [3.63, 3.8) is 0 Å². The molecule has 2 aromatic heterocycles. The molecule has 0 N–H and O–H groups in total. The van der Waals surface area contributed by atoms with Gasteiger partial charge < -0.3 is 13.3 Å². The Morgan fingerprint density at radius 3 is 2.76 bits per heavy atom. The van der Waals surface area contributed by atoms with E-state index in [2.05, 4.69) is 0 Å². The van der Waals surface area contributed by atoms with E-state index in [0.717, 1.165) is 0 Å². The SMILES string of the molecule is CC(C)C(=O)Oc1c2c3oc1cc3S(=O)(=O)O2. The fraction of sp³-hybridized carbons (Fsp3) is 0.300. The fourth-order valence-electron chi connectivity index (χ4n) is 1.59. The maximum Gasteiger partial charge on any atom is 0.343 e. The number of ether oxygens (including phenoxy) is 1. The molecule has 0 saturated heterocycles. The third-order valence-electron chi connectivity index (χ3n) is 2.47. The first-order valence-electron chi connectivity index (χ1n) is 4.95. The standard InChI is InChI=1S/C10H8O6S/c1-4(2)10(11)15-7-5-3-6-8(14-5)9(7)16-17(6,12)13/h3-4H,1-2H3. The second-order valence-electron chi connectivity index (χ2n) is 4.08. The van der Waals surface area contributed by atoms with Crippen LogP contribution in [0, 0.1) is 5.92 Å². The summed E-state index contributed by atoms with van der Waals surface area (Å²) >= 11 is 0. The molecule has 3 rings (SSSR count). The zero-order chi connectivity index (χ0) is 12.4. The number of esters is 1. The number of carbonyl (C=O) groups excluding carboxylic acids is 1. The van der Waals surface area contributed by atoms with Crippen molar-refractivity contribution in [2.75, 3.05) is 0 Å². The molecule has 0 spiro atoms. The molecule has 17 heavy (non-hydrogen) atoms. The Bertz CT molecular complexity index is 708. The Morgan fingerprint density at radius 2 is 2.12 bits per heavy atom. The summed E-state index contributed by atoms with van der Waals surface area (Å²) in [6.07, 6.45) is 0. The lowest BCUT2D eigenvalue weighted by molar-refractivity contribution is -0.137. The molecule has 2 bridgehead atoms. The highest BCUT2D eigenvalue weighted by Gasteiger charge is 2.41. The van der Waals surface area contributed by atoms with Gasteiger partial charge in [-0.2, -0.15) is 8.42 Å². The quantitative estimate of drug-likeness (QED) is 0.460. The molecule has 0 saturated carbocycles. The second-order valence-corrected chi connectivity index (χ2v) is 5.59. The third-order valence-corrected chi connectivity index (χ3v) is 3.70. The monoisotopic (exact) mass is 256 g/mol. The summed E-state index contributed by atoms with van der Waals surface area (Å²) in [6, 6.07) is 1.30. The smallest absolute Gasteiger partial charge is 0.343 e. The molecule has 6 nitrogen and oxygen atoms in total. The van der Waals surface area contributed by atoms with Crippen LogP contribution in [0.25, 0.3) is 11.2 Å². The van der Waals surface area contributed by atoms with Crippen LogP contribution in [-0.2, 0) is 14.9 Å². The van der Waals surface area contributed by atoms with Crippen molar-refractivity contribution < 1.29 is 26.5 Å². The number of rotatable bonds is 2. The van der Waals surface area contributed by atoms with Gasteiger partial charge in [0, 0.05) is 6.07 Å². The van der Waals surface area contributed by atoms with E-state index in [1.807, 2.05) is 0 Å². The Labute approximate surface area is 96.6 Å². The lowest BCUT2D eigenvalue weighted by Gasteiger charge is -2.05. The van der Waals surface area contributed by atoms with Gasteiger partial charge in [0.05, 0.1) is 5.92 Å². The number of hydrogen-bond donors (Lipinski definition) is 0. The summed E-state index contributed by atoms with van der Waals surface area (Å²) in [4.78, 5) is 11.4. The van der Waals surface area contributed by atoms with Crippen LogP contribution in [0.5, 0.6) is 11.5 Å². The van der Waals surface area contributed by atoms with Gasteiger partial charge in [0.15, 0.2) is 16.1 Å². The fourth-order valence-corrected chi connectivity index (χ4v) is 2.66. The van der Waals surface area contributed by atoms with E-state index in [-0.39, 0.29) is 33.5 Å². The van der Waals surface area contributed by atoms with Gasteiger partial charge in [-0.15, -0.1) is 0 Å². The van der Waals surface area contributed by atoms with Crippen molar-refractivity contribution in [2.24, 2.45) is 5.92 Å². The van der Waals surface area contributed by atoms with Crippen molar-refractivity contribution in [2.45, 2.75) is 18.7 Å².